The van der Waals surface area contributed by atoms with E-state index in [0.29, 0.717) is 32.1 Å². The Balaban J connectivity index is 2.03. The summed E-state index contributed by atoms with van der Waals surface area (Å²) in [4.78, 5) is 16.0. The molecule has 0 fully saturated rings. The summed E-state index contributed by atoms with van der Waals surface area (Å²) < 4.78 is 39.8. The van der Waals surface area contributed by atoms with Crippen LogP contribution in [0.15, 0.2) is 47.1 Å². The number of aliphatic hydroxyl groups is 1. The summed E-state index contributed by atoms with van der Waals surface area (Å²) in [6, 6.07) is 8.11. The Bertz CT molecular complexity index is 1160. The molecule has 0 aliphatic heterocycles. The van der Waals surface area contributed by atoms with Gasteiger partial charge < -0.3 is 9.67 Å². The van der Waals surface area contributed by atoms with Crippen LogP contribution >= 0.6 is 22.9 Å². The Morgan fingerprint density at radius 3 is 2.74 bits per heavy atom. The zero-order chi connectivity index (χ0) is 19.8. The zero-order valence-corrected chi connectivity index (χ0v) is 14.9. The van der Waals surface area contributed by atoms with Gasteiger partial charge in [-0.3, -0.25) is 4.79 Å². The molecule has 138 valence electrons. The van der Waals surface area contributed by atoms with Crippen molar-refractivity contribution < 1.29 is 18.3 Å². The van der Waals surface area contributed by atoms with Crippen molar-refractivity contribution in [3.63, 3.8) is 0 Å². The van der Waals surface area contributed by atoms with E-state index < -0.39 is 29.6 Å². The van der Waals surface area contributed by atoms with Gasteiger partial charge in [-0.2, -0.15) is 18.4 Å². The fourth-order valence-corrected chi connectivity index (χ4v) is 3.44. The van der Waals surface area contributed by atoms with Crippen LogP contribution in [0.4, 0.5) is 13.2 Å². The van der Waals surface area contributed by atoms with Gasteiger partial charge >= 0.3 is 6.18 Å². The zero-order valence-electron chi connectivity index (χ0n) is 13.3. The van der Waals surface area contributed by atoms with Crippen LogP contribution in [0, 0.1) is 11.3 Å². The third-order valence-corrected chi connectivity index (χ3v) is 4.88. The molecule has 0 amide bonds. The van der Waals surface area contributed by atoms with E-state index in [4.69, 9.17) is 11.6 Å². The van der Waals surface area contributed by atoms with E-state index in [0.717, 1.165) is 17.4 Å². The monoisotopic (exact) mass is 411 g/mol. The highest BCUT2D eigenvalue weighted by atomic mass is 35.5. The first-order chi connectivity index (χ1) is 12.7. The average Bonchev–Trinajstić information content (AvgIpc) is 2.99. The van der Waals surface area contributed by atoms with Crippen LogP contribution in [0.3, 0.4) is 0 Å². The second kappa shape index (κ2) is 7.06. The largest absolute Gasteiger partial charge is 0.509 e. The third-order valence-electron chi connectivity index (χ3n) is 3.59. The fourth-order valence-electron chi connectivity index (χ4n) is 2.31. The molecule has 0 saturated heterocycles. The third kappa shape index (κ3) is 3.97. The second-order valence-corrected chi connectivity index (χ2v) is 6.91. The Kier molecular flexibility index (Phi) is 4.95. The van der Waals surface area contributed by atoms with E-state index in [1.165, 1.54) is 0 Å². The quantitative estimate of drug-likeness (QED) is 0.503. The first-order valence-corrected chi connectivity index (χ1v) is 8.55. The van der Waals surface area contributed by atoms with Crippen LogP contribution in [0.25, 0.3) is 15.8 Å². The summed E-state index contributed by atoms with van der Waals surface area (Å²) in [7, 11) is 0. The number of allylic oxidation sites excluding steroid dienone is 2. The molecule has 1 N–H and O–H groups in total. The maximum atomic E-state index is 12.8. The van der Waals surface area contributed by atoms with E-state index in [2.05, 4.69) is 4.98 Å². The fraction of sp³-hybridized carbons (Fsp3) is 0.118. The molecule has 3 rings (SSSR count). The molecule has 3 aromatic rings. The number of pyridine rings is 1. The van der Waals surface area contributed by atoms with Crippen LogP contribution in [0.5, 0.6) is 0 Å². The van der Waals surface area contributed by atoms with E-state index in [1.807, 2.05) is 0 Å². The molecule has 0 aliphatic rings. The Hall–Kier alpha value is -2.83. The predicted octanol–water partition coefficient (Wildman–Crippen LogP) is 4.62. The van der Waals surface area contributed by atoms with E-state index in [9.17, 15) is 28.3 Å². The second-order valence-electron chi connectivity index (χ2n) is 5.45. The average molecular weight is 412 g/mol. The lowest BCUT2D eigenvalue weighted by molar-refractivity contribution is -0.138. The van der Waals surface area contributed by atoms with Gasteiger partial charge in [0, 0.05) is 17.3 Å². The molecule has 0 unspecified atom stereocenters. The maximum Gasteiger partial charge on any atom is 0.417 e. The number of benzene rings is 1. The molecule has 27 heavy (non-hydrogen) atoms. The standard InChI is InChI=1S/C17H9ClF3N3O2S/c18-10-2-3-14-12(5-10)23-16(27-14)11(6-22)13(25)8-24-7-9(17(19,20)21)1-4-15(24)26/h1-5,7,25H,8H2/b13-11-. The van der Waals surface area contributed by atoms with Crippen molar-refractivity contribution in [2.75, 3.05) is 0 Å². The van der Waals surface area contributed by atoms with Crippen molar-refractivity contribution in [3.05, 3.63) is 68.2 Å². The molecule has 0 saturated carbocycles. The van der Waals surface area contributed by atoms with Crippen molar-refractivity contribution >= 4 is 38.7 Å². The van der Waals surface area contributed by atoms with Gasteiger partial charge in [0.15, 0.2) is 0 Å². The highest BCUT2D eigenvalue weighted by Crippen LogP contribution is 2.31. The number of nitriles is 1. The molecule has 0 radical (unpaired) electrons. The number of aromatic nitrogens is 2. The molecule has 1 aromatic carbocycles. The highest BCUT2D eigenvalue weighted by molar-refractivity contribution is 7.19. The smallest absolute Gasteiger partial charge is 0.417 e. The molecule has 0 aliphatic carbocycles. The van der Waals surface area contributed by atoms with Crippen LogP contribution in [-0.4, -0.2) is 14.7 Å². The lowest BCUT2D eigenvalue weighted by Crippen LogP contribution is -2.22. The first kappa shape index (κ1) is 18.9. The number of halogens is 4. The van der Waals surface area contributed by atoms with Crippen LogP contribution in [0.2, 0.25) is 5.02 Å². The van der Waals surface area contributed by atoms with Crippen molar-refractivity contribution in [3.8, 4) is 6.07 Å². The van der Waals surface area contributed by atoms with Crippen molar-refractivity contribution in [2.24, 2.45) is 0 Å². The van der Waals surface area contributed by atoms with Crippen LogP contribution in [-0.2, 0) is 12.7 Å². The number of alkyl halides is 3. The van der Waals surface area contributed by atoms with Crippen molar-refractivity contribution in [2.45, 2.75) is 12.7 Å². The molecule has 5 nitrogen and oxygen atoms in total. The van der Waals surface area contributed by atoms with E-state index in [-0.39, 0.29) is 10.6 Å². The minimum absolute atomic E-state index is 0.173. The molecule has 2 heterocycles. The van der Waals surface area contributed by atoms with Gasteiger partial charge in [-0.25, -0.2) is 4.98 Å². The lowest BCUT2D eigenvalue weighted by Gasteiger charge is -2.10. The van der Waals surface area contributed by atoms with Gasteiger partial charge in [0.2, 0.25) is 0 Å². The summed E-state index contributed by atoms with van der Waals surface area (Å²) >= 11 is 7.00. The Morgan fingerprint density at radius 1 is 1.33 bits per heavy atom. The molecular formula is C17H9ClF3N3O2S. The van der Waals surface area contributed by atoms with E-state index in [1.54, 1.807) is 24.3 Å². The Labute approximate surface area is 159 Å². The summed E-state index contributed by atoms with van der Waals surface area (Å²) in [5.41, 5.74) is -1.50. The maximum absolute atomic E-state index is 12.8. The number of aliphatic hydroxyl groups excluding tert-OH is 1. The Morgan fingerprint density at radius 2 is 2.07 bits per heavy atom. The van der Waals surface area contributed by atoms with Gasteiger partial charge in [-0.15, -0.1) is 11.3 Å². The molecular weight excluding hydrogens is 403 g/mol. The van der Waals surface area contributed by atoms with Crippen LogP contribution < -0.4 is 5.56 Å². The summed E-state index contributed by atoms with van der Waals surface area (Å²) in [6.07, 6.45) is -4.05. The van der Waals surface area contributed by atoms with Gasteiger partial charge in [-0.05, 0) is 24.3 Å². The van der Waals surface area contributed by atoms with Gasteiger partial charge in [-0.1, -0.05) is 11.6 Å². The number of rotatable bonds is 3. The number of fused-ring (bicyclic) bond motifs is 1. The normalized spacial score (nSPS) is 12.7. The number of hydrogen-bond acceptors (Lipinski definition) is 5. The van der Waals surface area contributed by atoms with E-state index >= 15 is 0 Å². The topological polar surface area (TPSA) is 78.9 Å². The minimum Gasteiger partial charge on any atom is -0.509 e. The molecule has 0 bridgehead atoms. The number of nitrogens with zero attached hydrogens (tertiary/aromatic N) is 3. The summed E-state index contributed by atoms with van der Waals surface area (Å²) in [5.74, 6) is -0.566. The van der Waals surface area contributed by atoms with Gasteiger partial charge in [0.1, 0.15) is 22.4 Å². The predicted molar refractivity (Wildman–Crippen MR) is 95.5 cm³/mol. The lowest BCUT2D eigenvalue weighted by atomic mass is 10.2. The molecule has 0 spiro atoms. The SMILES string of the molecule is N#C/C(=C(/O)Cn1cc(C(F)(F)F)ccc1=O)c1nc2cc(Cl)ccc2s1. The van der Waals surface area contributed by atoms with Gasteiger partial charge in [0.05, 0.1) is 22.3 Å². The number of hydrogen-bond donors (Lipinski definition) is 1. The molecule has 10 heteroatoms. The minimum atomic E-state index is -4.64. The van der Waals surface area contributed by atoms with Crippen molar-refractivity contribution in [1.82, 2.24) is 9.55 Å². The number of thiazole rings is 1. The molecule has 2 aromatic heterocycles. The highest BCUT2D eigenvalue weighted by Gasteiger charge is 2.31. The van der Waals surface area contributed by atoms with Crippen molar-refractivity contribution in [1.29, 1.82) is 5.26 Å². The summed E-state index contributed by atoms with van der Waals surface area (Å²) in [5, 5.41) is 20.3. The van der Waals surface area contributed by atoms with Gasteiger partial charge in [0.25, 0.3) is 5.56 Å². The van der Waals surface area contributed by atoms with Crippen LogP contribution in [0.1, 0.15) is 10.6 Å². The molecule has 0 atom stereocenters. The summed E-state index contributed by atoms with van der Waals surface area (Å²) in [6.45, 7) is -0.595. The first-order valence-electron chi connectivity index (χ1n) is 7.35.